The van der Waals surface area contributed by atoms with Crippen molar-refractivity contribution in [2.75, 3.05) is 7.05 Å². The highest BCUT2D eigenvalue weighted by Gasteiger charge is 2.14. The molecular formula is C16H20N2O2. The van der Waals surface area contributed by atoms with Gasteiger partial charge in [0, 0.05) is 24.0 Å². The van der Waals surface area contributed by atoms with Crippen LogP contribution in [0.5, 0.6) is 0 Å². The van der Waals surface area contributed by atoms with Crippen molar-refractivity contribution in [2.24, 2.45) is 5.92 Å². The molecule has 2 rings (SSSR count). The zero-order valence-electron chi connectivity index (χ0n) is 12.4. The van der Waals surface area contributed by atoms with E-state index in [-0.39, 0.29) is 17.4 Å². The molecule has 0 aliphatic carbocycles. The van der Waals surface area contributed by atoms with E-state index < -0.39 is 0 Å². The molecule has 0 bridgehead atoms. The number of amides is 1. The monoisotopic (exact) mass is 272 g/mol. The molecule has 1 heterocycles. The second-order valence-corrected chi connectivity index (χ2v) is 5.56. The van der Waals surface area contributed by atoms with Gasteiger partial charge in [0.15, 0.2) is 0 Å². The van der Waals surface area contributed by atoms with Crippen molar-refractivity contribution >= 4 is 16.8 Å². The Balaban J connectivity index is 2.36. The molecule has 106 valence electrons. The highest BCUT2D eigenvalue weighted by molar-refractivity contribution is 5.80. The number of aryl methyl sites for hydroxylation is 1. The Hall–Kier alpha value is -2.10. The van der Waals surface area contributed by atoms with E-state index in [0.29, 0.717) is 12.1 Å². The van der Waals surface area contributed by atoms with Crippen LogP contribution in [0, 0.1) is 12.8 Å². The van der Waals surface area contributed by atoms with E-state index in [1.807, 2.05) is 45.0 Å². The first-order valence-corrected chi connectivity index (χ1v) is 6.76. The van der Waals surface area contributed by atoms with Crippen LogP contribution in [-0.4, -0.2) is 22.8 Å². The standard InChI is InChI=1S/C16H20N2O2/c1-10(2)16(20)18(4)9-13-8-12-6-5-11(3)7-14(12)17-15(13)19/h5-8,10H,9H2,1-4H3,(H,17,19). The summed E-state index contributed by atoms with van der Waals surface area (Å²) in [6.07, 6.45) is 0. The topological polar surface area (TPSA) is 53.2 Å². The van der Waals surface area contributed by atoms with E-state index in [0.717, 1.165) is 16.5 Å². The van der Waals surface area contributed by atoms with Crippen molar-refractivity contribution in [1.82, 2.24) is 9.88 Å². The van der Waals surface area contributed by atoms with E-state index in [1.54, 1.807) is 11.9 Å². The zero-order chi connectivity index (χ0) is 14.9. The van der Waals surface area contributed by atoms with Gasteiger partial charge in [-0.05, 0) is 30.0 Å². The second kappa shape index (κ2) is 5.49. The van der Waals surface area contributed by atoms with Gasteiger partial charge >= 0.3 is 0 Å². The highest BCUT2D eigenvalue weighted by Crippen LogP contribution is 2.14. The van der Waals surface area contributed by atoms with Crippen molar-refractivity contribution in [3.63, 3.8) is 0 Å². The maximum Gasteiger partial charge on any atom is 0.253 e. The van der Waals surface area contributed by atoms with Gasteiger partial charge in [-0.15, -0.1) is 0 Å². The van der Waals surface area contributed by atoms with Crippen LogP contribution in [0.2, 0.25) is 0 Å². The first-order chi connectivity index (χ1) is 9.38. The van der Waals surface area contributed by atoms with Crippen molar-refractivity contribution in [3.05, 3.63) is 45.7 Å². The van der Waals surface area contributed by atoms with Crippen LogP contribution in [0.1, 0.15) is 25.0 Å². The molecule has 20 heavy (non-hydrogen) atoms. The molecule has 0 unspecified atom stereocenters. The van der Waals surface area contributed by atoms with Crippen LogP contribution >= 0.6 is 0 Å². The number of pyridine rings is 1. The molecule has 1 N–H and O–H groups in total. The maximum atomic E-state index is 12.1. The first-order valence-electron chi connectivity index (χ1n) is 6.76. The summed E-state index contributed by atoms with van der Waals surface area (Å²) in [5, 5.41) is 0.982. The largest absolute Gasteiger partial charge is 0.341 e. The summed E-state index contributed by atoms with van der Waals surface area (Å²) in [4.78, 5) is 28.4. The third-order valence-corrected chi connectivity index (χ3v) is 3.36. The molecule has 0 saturated carbocycles. The van der Waals surface area contributed by atoms with Gasteiger partial charge in [0.05, 0.1) is 6.54 Å². The molecule has 0 fully saturated rings. The van der Waals surface area contributed by atoms with Crippen molar-refractivity contribution in [1.29, 1.82) is 0 Å². The third-order valence-electron chi connectivity index (χ3n) is 3.36. The Morgan fingerprint density at radius 3 is 2.65 bits per heavy atom. The van der Waals surface area contributed by atoms with Crippen molar-refractivity contribution in [3.8, 4) is 0 Å². The fourth-order valence-electron chi connectivity index (χ4n) is 2.25. The summed E-state index contributed by atoms with van der Waals surface area (Å²) in [5.74, 6) is -0.0319. The van der Waals surface area contributed by atoms with Gasteiger partial charge in [-0.1, -0.05) is 26.0 Å². The molecule has 0 spiro atoms. The number of nitrogens with zero attached hydrogens (tertiary/aromatic N) is 1. The fraction of sp³-hybridized carbons (Fsp3) is 0.375. The van der Waals surface area contributed by atoms with Crippen LogP contribution in [0.15, 0.2) is 29.1 Å². The lowest BCUT2D eigenvalue weighted by Crippen LogP contribution is -2.32. The van der Waals surface area contributed by atoms with Crippen LogP contribution in [-0.2, 0) is 11.3 Å². The number of nitrogens with one attached hydrogen (secondary N) is 1. The molecule has 0 radical (unpaired) electrons. The predicted molar refractivity (Wildman–Crippen MR) is 80.6 cm³/mol. The van der Waals surface area contributed by atoms with Gasteiger partial charge in [0.1, 0.15) is 0 Å². The van der Waals surface area contributed by atoms with Gasteiger partial charge in [0.2, 0.25) is 5.91 Å². The van der Waals surface area contributed by atoms with E-state index in [9.17, 15) is 9.59 Å². The molecule has 2 aromatic rings. The zero-order valence-corrected chi connectivity index (χ0v) is 12.4. The smallest absolute Gasteiger partial charge is 0.253 e. The minimum atomic E-state index is -0.133. The number of fused-ring (bicyclic) bond motifs is 1. The Bertz CT molecular complexity index is 701. The average Bonchev–Trinajstić information content (AvgIpc) is 2.38. The van der Waals surface area contributed by atoms with E-state index in [2.05, 4.69) is 4.98 Å². The van der Waals surface area contributed by atoms with Gasteiger partial charge in [0.25, 0.3) is 5.56 Å². The molecule has 0 aliphatic rings. The van der Waals surface area contributed by atoms with Crippen LogP contribution in [0.25, 0.3) is 10.9 Å². The quantitative estimate of drug-likeness (QED) is 0.933. The van der Waals surface area contributed by atoms with Gasteiger partial charge in [-0.25, -0.2) is 0 Å². The van der Waals surface area contributed by atoms with Crippen LogP contribution in [0.3, 0.4) is 0 Å². The fourth-order valence-corrected chi connectivity index (χ4v) is 2.25. The SMILES string of the molecule is Cc1ccc2cc(CN(C)C(=O)C(C)C)c(=O)[nH]c2c1. The summed E-state index contributed by atoms with van der Waals surface area (Å²) in [6, 6.07) is 7.79. The number of hydrogen-bond acceptors (Lipinski definition) is 2. The van der Waals surface area contributed by atoms with Gasteiger partial charge < -0.3 is 9.88 Å². The number of hydrogen-bond donors (Lipinski definition) is 1. The Labute approximate surface area is 118 Å². The first kappa shape index (κ1) is 14.3. The molecule has 1 aromatic heterocycles. The van der Waals surface area contributed by atoms with Crippen molar-refractivity contribution < 1.29 is 4.79 Å². The Kier molecular flexibility index (Phi) is 3.93. The summed E-state index contributed by atoms with van der Waals surface area (Å²) in [7, 11) is 1.72. The average molecular weight is 272 g/mol. The van der Waals surface area contributed by atoms with Gasteiger partial charge in [-0.3, -0.25) is 9.59 Å². The molecule has 0 saturated heterocycles. The minimum absolute atomic E-state index is 0.0356. The van der Waals surface area contributed by atoms with Crippen LogP contribution < -0.4 is 5.56 Å². The maximum absolute atomic E-state index is 12.1. The molecular weight excluding hydrogens is 252 g/mol. The third kappa shape index (κ3) is 2.90. The number of carbonyl (C=O) groups excluding carboxylic acids is 1. The number of benzene rings is 1. The lowest BCUT2D eigenvalue weighted by molar-refractivity contribution is -0.133. The molecule has 0 aliphatic heterocycles. The summed E-state index contributed by atoms with van der Waals surface area (Å²) < 4.78 is 0. The number of rotatable bonds is 3. The number of carbonyl (C=O) groups is 1. The van der Waals surface area contributed by atoms with Gasteiger partial charge in [-0.2, -0.15) is 0 Å². The normalized spacial score (nSPS) is 11.1. The van der Waals surface area contributed by atoms with Crippen LogP contribution in [0.4, 0.5) is 0 Å². The van der Waals surface area contributed by atoms with E-state index in [4.69, 9.17) is 0 Å². The molecule has 0 atom stereocenters. The second-order valence-electron chi connectivity index (χ2n) is 5.56. The molecule has 4 heteroatoms. The summed E-state index contributed by atoms with van der Waals surface area (Å²) in [6.45, 7) is 6.02. The lowest BCUT2D eigenvalue weighted by Gasteiger charge is -2.19. The molecule has 4 nitrogen and oxygen atoms in total. The van der Waals surface area contributed by atoms with Crippen molar-refractivity contribution in [2.45, 2.75) is 27.3 Å². The predicted octanol–water partition coefficient (Wildman–Crippen LogP) is 2.45. The number of H-pyrrole nitrogens is 1. The lowest BCUT2D eigenvalue weighted by atomic mass is 10.1. The van der Waals surface area contributed by atoms with E-state index >= 15 is 0 Å². The number of aromatic nitrogens is 1. The highest BCUT2D eigenvalue weighted by atomic mass is 16.2. The Morgan fingerprint density at radius 1 is 1.30 bits per heavy atom. The summed E-state index contributed by atoms with van der Waals surface area (Å²) in [5.41, 5.74) is 2.41. The van der Waals surface area contributed by atoms with E-state index in [1.165, 1.54) is 0 Å². The number of aromatic amines is 1. The summed E-state index contributed by atoms with van der Waals surface area (Å²) >= 11 is 0. The molecule has 1 amide bonds. The molecule has 1 aromatic carbocycles. The Morgan fingerprint density at radius 2 is 2.00 bits per heavy atom. The minimum Gasteiger partial charge on any atom is -0.341 e.